The number of carbonyl (C=O) groups excluding carboxylic acids is 2. The Bertz CT molecular complexity index is 1280. The van der Waals surface area contributed by atoms with Gasteiger partial charge < -0.3 is 5.32 Å². The van der Waals surface area contributed by atoms with Crippen molar-refractivity contribution in [3.63, 3.8) is 0 Å². The molecule has 0 saturated heterocycles. The Kier molecular flexibility index (Phi) is 3.69. The van der Waals surface area contributed by atoms with E-state index in [-0.39, 0.29) is 17.5 Å². The molecular formula is C24H16N2O2. The van der Waals surface area contributed by atoms with Gasteiger partial charge in [-0.05, 0) is 22.9 Å². The maximum atomic E-state index is 13.1. The summed E-state index contributed by atoms with van der Waals surface area (Å²) >= 11 is 0. The van der Waals surface area contributed by atoms with Crippen LogP contribution in [0.2, 0.25) is 0 Å². The second-order valence-electron chi connectivity index (χ2n) is 6.69. The molecule has 4 aromatic carbocycles. The molecule has 0 saturated carbocycles. The Hall–Kier alpha value is -3.92. The highest BCUT2D eigenvalue weighted by Crippen LogP contribution is 2.32. The standard InChI is InChI=1S/C24H16N2O2/c27-23-15-21(25-20-13-5-9-16-7-1-3-11-18(16)20)24(28)26(23)22-14-6-10-17-8-2-4-12-19(17)22/h1-15,25H. The molecule has 2 amide bonds. The first kappa shape index (κ1) is 16.3. The third kappa shape index (κ3) is 2.55. The van der Waals surface area contributed by atoms with Gasteiger partial charge >= 0.3 is 0 Å². The minimum atomic E-state index is -0.353. The van der Waals surface area contributed by atoms with Crippen LogP contribution in [0.25, 0.3) is 21.5 Å². The maximum absolute atomic E-state index is 13.1. The number of hydrogen-bond donors (Lipinski definition) is 1. The largest absolute Gasteiger partial charge is 0.350 e. The lowest BCUT2D eigenvalue weighted by Gasteiger charge is -2.18. The highest BCUT2D eigenvalue weighted by molar-refractivity contribution is 6.33. The number of hydrogen-bond acceptors (Lipinski definition) is 3. The van der Waals surface area contributed by atoms with Gasteiger partial charge in [0.15, 0.2) is 0 Å². The molecule has 4 heteroatoms. The van der Waals surface area contributed by atoms with Crippen molar-refractivity contribution in [3.05, 3.63) is 96.7 Å². The summed E-state index contributed by atoms with van der Waals surface area (Å²) in [6.07, 6.45) is 1.37. The van der Waals surface area contributed by atoms with Crippen LogP contribution in [-0.2, 0) is 9.59 Å². The van der Waals surface area contributed by atoms with Gasteiger partial charge in [0.05, 0.1) is 5.69 Å². The van der Waals surface area contributed by atoms with Crippen LogP contribution in [0.15, 0.2) is 96.7 Å². The van der Waals surface area contributed by atoms with Crippen molar-refractivity contribution in [2.24, 2.45) is 0 Å². The SMILES string of the molecule is O=C1C=C(Nc2cccc3ccccc23)C(=O)N1c1cccc2ccccc12. The molecule has 1 aliphatic rings. The Morgan fingerprint density at radius 3 is 2.04 bits per heavy atom. The number of carbonyl (C=O) groups is 2. The molecule has 0 atom stereocenters. The predicted molar refractivity (Wildman–Crippen MR) is 112 cm³/mol. The van der Waals surface area contributed by atoms with Crippen molar-refractivity contribution in [2.45, 2.75) is 0 Å². The average molecular weight is 364 g/mol. The van der Waals surface area contributed by atoms with Crippen molar-refractivity contribution in [2.75, 3.05) is 10.2 Å². The van der Waals surface area contributed by atoms with Crippen molar-refractivity contribution < 1.29 is 9.59 Å². The van der Waals surface area contributed by atoms with E-state index in [1.54, 1.807) is 6.07 Å². The minimum absolute atomic E-state index is 0.272. The fourth-order valence-electron chi connectivity index (χ4n) is 3.67. The second-order valence-corrected chi connectivity index (χ2v) is 6.69. The summed E-state index contributed by atoms with van der Waals surface area (Å²) in [5.74, 6) is -0.696. The molecule has 5 rings (SSSR count). The molecule has 134 valence electrons. The van der Waals surface area contributed by atoms with Crippen molar-refractivity contribution in [3.8, 4) is 0 Å². The Morgan fingerprint density at radius 2 is 1.25 bits per heavy atom. The summed E-state index contributed by atoms with van der Waals surface area (Å²) in [6.45, 7) is 0. The predicted octanol–water partition coefficient (Wildman–Crippen LogP) is 4.86. The van der Waals surface area contributed by atoms with E-state index in [1.165, 1.54) is 11.0 Å². The van der Waals surface area contributed by atoms with Crippen molar-refractivity contribution in [1.29, 1.82) is 0 Å². The van der Waals surface area contributed by atoms with Gasteiger partial charge in [-0.1, -0.05) is 72.8 Å². The Morgan fingerprint density at radius 1 is 0.643 bits per heavy atom. The van der Waals surface area contributed by atoms with Gasteiger partial charge in [0.1, 0.15) is 5.70 Å². The Labute approximate surface area is 161 Å². The van der Waals surface area contributed by atoms with E-state index >= 15 is 0 Å². The van der Waals surface area contributed by atoms with Crippen LogP contribution in [0.3, 0.4) is 0 Å². The number of benzene rings is 4. The molecule has 4 aromatic rings. The lowest BCUT2D eigenvalue weighted by Crippen LogP contribution is -2.32. The zero-order chi connectivity index (χ0) is 19.1. The topological polar surface area (TPSA) is 49.4 Å². The summed E-state index contributed by atoms with van der Waals surface area (Å²) in [5, 5.41) is 7.07. The molecule has 1 aliphatic heterocycles. The van der Waals surface area contributed by atoms with Crippen LogP contribution in [0.5, 0.6) is 0 Å². The van der Waals surface area contributed by atoms with E-state index in [2.05, 4.69) is 5.32 Å². The smallest absolute Gasteiger partial charge is 0.281 e. The van der Waals surface area contributed by atoms with E-state index < -0.39 is 0 Å². The van der Waals surface area contributed by atoms with Gasteiger partial charge in [0, 0.05) is 22.5 Å². The summed E-state index contributed by atoms with van der Waals surface area (Å²) in [4.78, 5) is 27.0. The first-order valence-electron chi connectivity index (χ1n) is 9.05. The van der Waals surface area contributed by atoms with Gasteiger partial charge in [-0.3, -0.25) is 9.59 Å². The third-order valence-electron chi connectivity index (χ3n) is 4.99. The van der Waals surface area contributed by atoms with Crippen LogP contribution in [0, 0.1) is 0 Å². The summed E-state index contributed by atoms with van der Waals surface area (Å²) in [7, 11) is 0. The fourth-order valence-corrected chi connectivity index (χ4v) is 3.67. The molecule has 0 unspecified atom stereocenters. The number of rotatable bonds is 3. The molecule has 28 heavy (non-hydrogen) atoms. The Balaban J connectivity index is 1.53. The van der Waals surface area contributed by atoms with E-state index in [1.807, 2.05) is 78.9 Å². The molecule has 1 N–H and O–H groups in total. The van der Waals surface area contributed by atoms with Gasteiger partial charge in [-0.2, -0.15) is 0 Å². The first-order chi connectivity index (χ1) is 13.7. The van der Waals surface area contributed by atoms with Crippen LogP contribution in [0.4, 0.5) is 11.4 Å². The summed E-state index contributed by atoms with van der Waals surface area (Å²) in [6, 6.07) is 27.1. The summed E-state index contributed by atoms with van der Waals surface area (Å²) < 4.78 is 0. The maximum Gasteiger partial charge on any atom is 0.281 e. The quantitative estimate of drug-likeness (QED) is 0.528. The zero-order valence-corrected chi connectivity index (χ0v) is 14.9. The van der Waals surface area contributed by atoms with Crippen LogP contribution >= 0.6 is 0 Å². The molecule has 0 aromatic heterocycles. The van der Waals surface area contributed by atoms with E-state index in [9.17, 15) is 9.59 Å². The lowest BCUT2D eigenvalue weighted by atomic mass is 10.1. The van der Waals surface area contributed by atoms with Crippen LogP contribution in [-0.4, -0.2) is 11.8 Å². The molecule has 0 aliphatic carbocycles. The molecule has 4 nitrogen and oxygen atoms in total. The number of nitrogens with one attached hydrogen (secondary N) is 1. The van der Waals surface area contributed by atoms with Crippen molar-refractivity contribution in [1.82, 2.24) is 0 Å². The number of fused-ring (bicyclic) bond motifs is 2. The number of imide groups is 1. The van der Waals surface area contributed by atoms with Gasteiger partial charge in [0.25, 0.3) is 11.8 Å². The minimum Gasteiger partial charge on any atom is -0.350 e. The number of amides is 2. The monoisotopic (exact) mass is 364 g/mol. The lowest BCUT2D eigenvalue weighted by molar-refractivity contribution is -0.120. The molecule has 0 bridgehead atoms. The van der Waals surface area contributed by atoms with Gasteiger partial charge in [-0.15, -0.1) is 0 Å². The zero-order valence-electron chi connectivity index (χ0n) is 14.9. The van der Waals surface area contributed by atoms with Gasteiger partial charge in [0.2, 0.25) is 0 Å². The molecular weight excluding hydrogens is 348 g/mol. The number of anilines is 2. The highest BCUT2D eigenvalue weighted by Gasteiger charge is 2.33. The van der Waals surface area contributed by atoms with Crippen molar-refractivity contribution >= 4 is 44.7 Å². The molecule has 0 radical (unpaired) electrons. The average Bonchev–Trinajstić information content (AvgIpc) is 3.01. The highest BCUT2D eigenvalue weighted by atomic mass is 16.2. The fraction of sp³-hybridized carbons (Fsp3) is 0. The normalized spacial score (nSPS) is 14.0. The van der Waals surface area contributed by atoms with E-state index in [0.29, 0.717) is 5.69 Å². The molecule has 1 heterocycles. The third-order valence-corrected chi connectivity index (χ3v) is 4.99. The van der Waals surface area contributed by atoms with E-state index in [0.717, 1.165) is 27.2 Å². The summed E-state index contributed by atoms with van der Waals surface area (Å²) in [5.41, 5.74) is 1.67. The van der Waals surface area contributed by atoms with Crippen LogP contribution in [0.1, 0.15) is 0 Å². The van der Waals surface area contributed by atoms with Crippen LogP contribution < -0.4 is 10.2 Å². The number of nitrogens with zero attached hydrogens (tertiary/aromatic N) is 1. The molecule has 0 fully saturated rings. The second kappa shape index (κ2) is 6.35. The molecule has 0 spiro atoms. The first-order valence-corrected chi connectivity index (χ1v) is 9.05. The van der Waals surface area contributed by atoms with Gasteiger partial charge in [-0.25, -0.2) is 4.90 Å². The van der Waals surface area contributed by atoms with E-state index in [4.69, 9.17) is 0 Å².